The van der Waals surface area contributed by atoms with Crippen molar-refractivity contribution in [2.24, 2.45) is 10.8 Å². The van der Waals surface area contributed by atoms with Crippen LogP contribution in [-0.2, 0) is 4.79 Å². The summed E-state index contributed by atoms with van der Waals surface area (Å²) in [6.45, 7) is 1.88. The van der Waals surface area contributed by atoms with Crippen LogP contribution in [0.3, 0.4) is 0 Å². The quantitative estimate of drug-likeness (QED) is 0.887. The van der Waals surface area contributed by atoms with Gasteiger partial charge in [0.1, 0.15) is 5.82 Å². The van der Waals surface area contributed by atoms with Gasteiger partial charge in [0, 0.05) is 11.6 Å². The van der Waals surface area contributed by atoms with Gasteiger partial charge in [0.25, 0.3) is 0 Å². The number of benzene rings is 1. The lowest BCUT2D eigenvalue weighted by atomic mass is 9.73. The molecule has 2 aromatic rings. The number of carbonyl (C=O) groups is 1. The molecule has 120 valence electrons. The lowest BCUT2D eigenvalue weighted by molar-refractivity contribution is -0.144. The summed E-state index contributed by atoms with van der Waals surface area (Å²) in [5.74, 6) is -0.529. The van der Waals surface area contributed by atoms with Crippen molar-refractivity contribution < 1.29 is 14.3 Å². The van der Waals surface area contributed by atoms with E-state index in [9.17, 15) is 14.3 Å². The Bertz CT molecular complexity index is 795. The van der Waals surface area contributed by atoms with Crippen LogP contribution in [0.25, 0.3) is 10.9 Å². The van der Waals surface area contributed by atoms with Crippen molar-refractivity contribution >= 4 is 16.9 Å². The van der Waals surface area contributed by atoms with Gasteiger partial charge >= 0.3 is 5.97 Å². The number of carboxylic acids is 1. The third kappa shape index (κ3) is 2.07. The van der Waals surface area contributed by atoms with E-state index in [1.54, 1.807) is 18.3 Å². The van der Waals surface area contributed by atoms with Crippen LogP contribution in [0.4, 0.5) is 4.39 Å². The van der Waals surface area contributed by atoms with Crippen molar-refractivity contribution in [3.63, 3.8) is 0 Å². The molecule has 0 amide bonds. The zero-order chi connectivity index (χ0) is 16.2. The Kier molecular flexibility index (Phi) is 3.03. The van der Waals surface area contributed by atoms with Crippen molar-refractivity contribution in [1.29, 1.82) is 0 Å². The molecule has 1 aromatic heterocycles. The summed E-state index contributed by atoms with van der Waals surface area (Å²) in [6.07, 6.45) is 6.42. The van der Waals surface area contributed by atoms with E-state index in [1.807, 2.05) is 13.0 Å². The van der Waals surface area contributed by atoms with Crippen molar-refractivity contribution in [3.8, 4) is 0 Å². The predicted octanol–water partition coefficient (Wildman–Crippen LogP) is 4.51. The molecule has 0 radical (unpaired) electrons. The number of aliphatic carboxylic acids is 1. The average molecular weight is 313 g/mol. The molecule has 0 aliphatic heterocycles. The van der Waals surface area contributed by atoms with Crippen molar-refractivity contribution in [3.05, 3.63) is 41.8 Å². The van der Waals surface area contributed by atoms with E-state index in [4.69, 9.17) is 0 Å². The van der Waals surface area contributed by atoms with E-state index >= 15 is 0 Å². The molecule has 1 aromatic carbocycles. The number of fused-ring (bicyclic) bond motifs is 1. The van der Waals surface area contributed by atoms with E-state index in [0.717, 1.165) is 48.6 Å². The van der Waals surface area contributed by atoms with Gasteiger partial charge in [0.2, 0.25) is 0 Å². The van der Waals surface area contributed by atoms with Crippen LogP contribution in [0.2, 0.25) is 0 Å². The van der Waals surface area contributed by atoms with Crippen LogP contribution in [0, 0.1) is 16.6 Å². The second-order valence-corrected chi connectivity index (χ2v) is 7.43. The van der Waals surface area contributed by atoms with Crippen molar-refractivity contribution in [1.82, 2.24) is 4.98 Å². The molecule has 1 N–H and O–H groups in total. The Morgan fingerprint density at radius 3 is 2.70 bits per heavy atom. The molecular formula is C19H20FNO2. The van der Waals surface area contributed by atoms with Gasteiger partial charge in [-0.1, -0.05) is 0 Å². The SMILES string of the molecule is C[C@@]1(C(=O)O)C[C@]12CC[C@@H](c1ccnc3ccc(F)cc31)CC2. The number of hydrogen-bond acceptors (Lipinski definition) is 2. The van der Waals surface area contributed by atoms with Crippen LogP contribution in [0.15, 0.2) is 30.5 Å². The number of halogens is 1. The highest BCUT2D eigenvalue weighted by molar-refractivity contribution is 5.83. The fourth-order valence-corrected chi connectivity index (χ4v) is 4.64. The second-order valence-electron chi connectivity index (χ2n) is 7.43. The average Bonchev–Trinajstić information content (AvgIpc) is 3.13. The van der Waals surface area contributed by atoms with Crippen molar-refractivity contribution in [2.45, 2.75) is 44.9 Å². The minimum atomic E-state index is -0.660. The van der Waals surface area contributed by atoms with Crippen molar-refractivity contribution in [2.75, 3.05) is 0 Å². The van der Waals surface area contributed by atoms with E-state index < -0.39 is 11.4 Å². The monoisotopic (exact) mass is 313 g/mol. The Morgan fingerprint density at radius 1 is 1.30 bits per heavy atom. The molecular weight excluding hydrogens is 293 g/mol. The lowest BCUT2D eigenvalue weighted by Gasteiger charge is -2.31. The first kappa shape index (κ1) is 14.6. The maximum absolute atomic E-state index is 13.6. The maximum Gasteiger partial charge on any atom is 0.309 e. The molecule has 1 heterocycles. The number of carboxylic acid groups (broad SMARTS) is 1. The Labute approximate surface area is 134 Å². The second kappa shape index (κ2) is 4.76. The van der Waals surface area contributed by atoms with Gasteiger partial charge in [0.05, 0.1) is 10.9 Å². The summed E-state index contributed by atoms with van der Waals surface area (Å²) in [5, 5.41) is 10.3. The summed E-state index contributed by atoms with van der Waals surface area (Å²) in [7, 11) is 0. The summed E-state index contributed by atoms with van der Waals surface area (Å²) < 4.78 is 13.6. The van der Waals surface area contributed by atoms with Gasteiger partial charge in [-0.05, 0) is 80.2 Å². The maximum atomic E-state index is 13.6. The fraction of sp³-hybridized carbons (Fsp3) is 0.474. The molecule has 2 fully saturated rings. The highest BCUT2D eigenvalue weighted by Crippen LogP contribution is 2.71. The first-order valence-corrected chi connectivity index (χ1v) is 8.23. The van der Waals surface area contributed by atoms with E-state index in [1.165, 1.54) is 6.07 Å². The molecule has 2 saturated carbocycles. The van der Waals surface area contributed by atoms with Crippen LogP contribution in [0.5, 0.6) is 0 Å². The van der Waals surface area contributed by atoms with E-state index in [2.05, 4.69) is 4.98 Å². The first-order chi connectivity index (χ1) is 11.0. The molecule has 23 heavy (non-hydrogen) atoms. The number of aromatic nitrogens is 1. The smallest absolute Gasteiger partial charge is 0.309 e. The largest absolute Gasteiger partial charge is 0.481 e. The summed E-state index contributed by atoms with van der Waals surface area (Å²) in [6, 6.07) is 6.73. The van der Waals surface area contributed by atoms with E-state index in [-0.39, 0.29) is 11.2 Å². The molecule has 4 heteroatoms. The summed E-state index contributed by atoms with van der Waals surface area (Å²) in [5.41, 5.74) is 1.43. The normalized spacial score (nSPS) is 33.0. The summed E-state index contributed by atoms with van der Waals surface area (Å²) >= 11 is 0. The molecule has 1 atom stereocenters. The van der Waals surface area contributed by atoms with Crippen LogP contribution in [-0.4, -0.2) is 16.1 Å². The highest BCUT2D eigenvalue weighted by atomic mass is 19.1. The van der Waals surface area contributed by atoms with Crippen LogP contribution >= 0.6 is 0 Å². The van der Waals surface area contributed by atoms with E-state index in [0.29, 0.717) is 5.92 Å². The third-order valence-electron chi connectivity index (χ3n) is 6.33. The first-order valence-electron chi connectivity index (χ1n) is 8.23. The Morgan fingerprint density at radius 2 is 2.04 bits per heavy atom. The van der Waals surface area contributed by atoms with Gasteiger partial charge in [0.15, 0.2) is 0 Å². The molecule has 2 aliphatic carbocycles. The molecule has 3 nitrogen and oxygen atoms in total. The molecule has 0 bridgehead atoms. The molecule has 4 rings (SSSR count). The zero-order valence-electron chi connectivity index (χ0n) is 13.2. The number of pyridine rings is 1. The number of hydrogen-bond donors (Lipinski definition) is 1. The summed E-state index contributed by atoms with van der Waals surface area (Å²) in [4.78, 5) is 15.8. The minimum Gasteiger partial charge on any atom is -0.481 e. The number of rotatable bonds is 2. The fourth-order valence-electron chi connectivity index (χ4n) is 4.64. The molecule has 0 saturated heterocycles. The Hall–Kier alpha value is -1.97. The molecule has 2 aliphatic rings. The topological polar surface area (TPSA) is 50.2 Å². The molecule has 1 spiro atoms. The third-order valence-corrected chi connectivity index (χ3v) is 6.33. The van der Waals surface area contributed by atoms with Gasteiger partial charge in [-0.25, -0.2) is 4.39 Å². The molecule has 0 unspecified atom stereocenters. The van der Waals surface area contributed by atoms with Gasteiger partial charge < -0.3 is 5.11 Å². The standard InChI is InChI=1S/C19H20FNO2/c1-18(17(22)23)11-19(18)7-4-12(5-8-19)14-6-9-21-16-3-2-13(20)10-15(14)16/h2-3,6,9-10,12H,4-5,7-8,11H2,1H3,(H,22,23)/t12-,18-,19-/m0/s1. The van der Waals surface area contributed by atoms with Gasteiger partial charge in [-0.3, -0.25) is 9.78 Å². The highest BCUT2D eigenvalue weighted by Gasteiger charge is 2.68. The van der Waals surface area contributed by atoms with Gasteiger partial charge in [-0.2, -0.15) is 0 Å². The lowest BCUT2D eigenvalue weighted by Crippen LogP contribution is -2.25. The number of nitrogens with zero attached hydrogens (tertiary/aromatic N) is 1. The van der Waals surface area contributed by atoms with Gasteiger partial charge in [-0.15, -0.1) is 0 Å². The Balaban J connectivity index is 1.60. The zero-order valence-corrected chi connectivity index (χ0v) is 13.2. The predicted molar refractivity (Wildman–Crippen MR) is 85.7 cm³/mol. The minimum absolute atomic E-state index is 0.0105. The van der Waals surface area contributed by atoms with Crippen LogP contribution < -0.4 is 0 Å². The van der Waals surface area contributed by atoms with Crippen LogP contribution in [0.1, 0.15) is 50.5 Å².